The first-order valence-corrected chi connectivity index (χ1v) is 9.84. The van der Waals surface area contributed by atoms with Gasteiger partial charge in [-0.15, -0.1) is 0 Å². The van der Waals surface area contributed by atoms with Gasteiger partial charge in [-0.3, -0.25) is 9.59 Å². The first-order valence-electron chi connectivity index (χ1n) is 9.84. The lowest BCUT2D eigenvalue weighted by atomic mass is 9.85. The van der Waals surface area contributed by atoms with Gasteiger partial charge in [0.15, 0.2) is 5.78 Å². The first kappa shape index (κ1) is 18.3. The summed E-state index contributed by atoms with van der Waals surface area (Å²) < 4.78 is 15.2. The Bertz CT molecular complexity index is 1170. The predicted octanol–water partition coefficient (Wildman–Crippen LogP) is 4.30. The topological polar surface area (TPSA) is 76.0 Å². The number of carbonyl (C=O) groups is 2. The number of carbonyl (C=O) groups excluding carboxylic acids is 2. The van der Waals surface area contributed by atoms with E-state index in [9.17, 15) is 14.0 Å². The number of rotatable bonds is 3. The van der Waals surface area contributed by atoms with E-state index < -0.39 is 6.04 Å². The van der Waals surface area contributed by atoms with Crippen LogP contribution in [0.4, 0.5) is 15.9 Å². The third-order valence-electron chi connectivity index (χ3n) is 5.50. The van der Waals surface area contributed by atoms with Crippen molar-refractivity contribution in [1.82, 2.24) is 9.78 Å². The molecule has 150 valence electrons. The van der Waals surface area contributed by atoms with Crippen LogP contribution in [0.2, 0.25) is 0 Å². The number of benzene rings is 2. The third kappa shape index (κ3) is 3.08. The summed E-state index contributed by atoms with van der Waals surface area (Å²) in [6.45, 7) is 0. The van der Waals surface area contributed by atoms with E-state index >= 15 is 0 Å². The third-order valence-corrected chi connectivity index (χ3v) is 5.50. The van der Waals surface area contributed by atoms with Crippen LogP contribution >= 0.6 is 0 Å². The SMILES string of the molecule is O=C1CCCC2=C1[C@@H](c1ccc(F)cc1)n1ncc(C(=O)Nc3ccccc3)c1N2. The van der Waals surface area contributed by atoms with Crippen molar-refractivity contribution in [2.75, 3.05) is 10.6 Å². The van der Waals surface area contributed by atoms with Crippen LogP contribution < -0.4 is 10.6 Å². The summed E-state index contributed by atoms with van der Waals surface area (Å²) in [5.74, 6) is -0.0554. The maximum atomic E-state index is 13.5. The molecule has 1 atom stereocenters. The van der Waals surface area contributed by atoms with Gasteiger partial charge in [-0.1, -0.05) is 30.3 Å². The van der Waals surface area contributed by atoms with Crippen LogP contribution in [0.15, 0.2) is 72.1 Å². The molecule has 3 aromatic rings. The minimum atomic E-state index is -0.497. The lowest BCUT2D eigenvalue weighted by molar-refractivity contribution is -0.116. The van der Waals surface area contributed by atoms with Gasteiger partial charge in [0.25, 0.3) is 5.91 Å². The molecule has 30 heavy (non-hydrogen) atoms. The highest BCUT2D eigenvalue weighted by atomic mass is 19.1. The molecule has 5 rings (SSSR count). The second-order valence-electron chi connectivity index (χ2n) is 7.42. The molecule has 1 amide bonds. The van der Waals surface area contributed by atoms with Crippen molar-refractivity contribution >= 4 is 23.2 Å². The van der Waals surface area contributed by atoms with Crippen molar-refractivity contribution in [3.05, 3.63) is 89.0 Å². The van der Waals surface area contributed by atoms with Crippen molar-refractivity contribution in [3.63, 3.8) is 0 Å². The van der Waals surface area contributed by atoms with Crippen LogP contribution in [0.25, 0.3) is 0 Å². The Morgan fingerprint density at radius 2 is 1.87 bits per heavy atom. The van der Waals surface area contributed by atoms with Crippen molar-refractivity contribution in [2.24, 2.45) is 0 Å². The summed E-state index contributed by atoms with van der Waals surface area (Å²) in [7, 11) is 0. The summed E-state index contributed by atoms with van der Waals surface area (Å²) in [6.07, 6.45) is 3.43. The number of allylic oxidation sites excluding steroid dienone is 2. The van der Waals surface area contributed by atoms with Crippen LogP contribution in [0.5, 0.6) is 0 Å². The highest BCUT2D eigenvalue weighted by molar-refractivity contribution is 6.08. The zero-order chi connectivity index (χ0) is 20.7. The minimum Gasteiger partial charge on any atom is -0.343 e. The molecule has 2 aromatic carbocycles. The van der Waals surface area contributed by atoms with Crippen LogP contribution in [-0.4, -0.2) is 21.5 Å². The number of hydrogen-bond donors (Lipinski definition) is 2. The molecular weight excluding hydrogens is 383 g/mol. The number of para-hydroxylation sites is 1. The van der Waals surface area contributed by atoms with E-state index in [0.717, 1.165) is 17.7 Å². The molecule has 0 spiro atoms. The molecule has 0 fully saturated rings. The molecule has 0 unspecified atom stereocenters. The predicted molar refractivity (Wildman–Crippen MR) is 111 cm³/mol. The van der Waals surface area contributed by atoms with E-state index in [0.29, 0.717) is 35.5 Å². The molecule has 2 heterocycles. The number of anilines is 2. The largest absolute Gasteiger partial charge is 0.343 e. The molecule has 1 aliphatic carbocycles. The normalized spacial score (nSPS) is 17.8. The Morgan fingerprint density at radius 3 is 2.63 bits per heavy atom. The number of ketones is 1. The molecule has 1 aliphatic heterocycles. The van der Waals surface area contributed by atoms with Crippen molar-refractivity contribution in [2.45, 2.75) is 25.3 Å². The number of nitrogens with zero attached hydrogens (tertiary/aromatic N) is 2. The summed E-state index contributed by atoms with van der Waals surface area (Å²) in [5, 5.41) is 10.6. The fraction of sp³-hybridized carbons (Fsp3) is 0.174. The van der Waals surface area contributed by atoms with E-state index in [1.165, 1.54) is 18.3 Å². The van der Waals surface area contributed by atoms with Crippen LogP contribution in [0.1, 0.15) is 41.2 Å². The van der Waals surface area contributed by atoms with Gasteiger partial charge in [-0.25, -0.2) is 9.07 Å². The van der Waals surface area contributed by atoms with E-state index in [2.05, 4.69) is 15.7 Å². The number of fused-ring (bicyclic) bond motifs is 1. The number of halogens is 1. The molecular formula is C23H19FN4O2. The Kier molecular flexibility index (Phi) is 4.43. The molecule has 2 aliphatic rings. The minimum absolute atomic E-state index is 0.0505. The van der Waals surface area contributed by atoms with Crippen LogP contribution in [0.3, 0.4) is 0 Å². The van der Waals surface area contributed by atoms with E-state index in [4.69, 9.17) is 0 Å². The van der Waals surface area contributed by atoms with E-state index in [-0.39, 0.29) is 17.5 Å². The number of nitrogens with one attached hydrogen (secondary N) is 2. The lowest BCUT2D eigenvalue weighted by Gasteiger charge is -2.33. The van der Waals surface area contributed by atoms with E-state index in [1.54, 1.807) is 16.8 Å². The Balaban J connectivity index is 1.58. The van der Waals surface area contributed by atoms with Crippen molar-refractivity contribution < 1.29 is 14.0 Å². The van der Waals surface area contributed by atoms with Crippen LogP contribution in [-0.2, 0) is 4.79 Å². The summed E-state index contributed by atoms with van der Waals surface area (Å²) in [5.41, 5.74) is 3.26. The second-order valence-corrected chi connectivity index (χ2v) is 7.42. The maximum absolute atomic E-state index is 13.5. The quantitative estimate of drug-likeness (QED) is 0.685. The fourth-order valence-corrected chi connectivity index (χ4v) is 4.10. The van der Waals surface area contributed by atoms with Crippen LogP contribution in [0, 0.1) is 5.82 Å². The Labute approximate surface area is 172 Å². The fourth-order valence-electron chi connectivity index (χ4n) is 4.10. The average molecular weight is 402 g/mol. The number of Topliss-reactive ketones (excluding diaryl/α,β-unsaturated/α-hetero) is 1. The van der Waals surface area contributed by atoms with Gasteiger partial charge in [0.2, 0.25) is 0 Å². The molecule has 0 saturated carbocycles. The number of hydrogen-bond acceptors (Lipinski definition) is 4. The standard InChI is InChI=1S/C23H19FN4O2/c24-15-11-9-14(10-12-15)21-20-18(7-4-8-19(20)29)27-22-17(13-25-28(21)22)23(30)26-16-5-2-1-3-6-16/h1-3,5-6,9-13,21,27H,4,7-8H2,(H,26,30)/t21-/m1/s1. The van der Waals surface area contributed by atoms with Gasteiger partial charge >= 0.3 is 0 Å². The first-order chi connectivity index (χ1) is 14.6. The zero-order valence-corrected chi connectivity index (χ0v) is 16.1. The van der Waals surface area contributed by atoms with Crippen molar-refractivity contribution in [1.29, 1.82) is 0 Å². The molecule has 1 aromatic heterocycles. The smallest absolute Gasteiger partial charge is 0.261 e. The van der Waals surface area contributed by atoms with Gasteiger partial charge in [0, 0.05) is 23.4 Å². The molecule has 0 saturated heterocycles. The summed E-state index contributed by atoms with van der Waals surface area (Å²) in [6, 6.07) is 14.7. The highest BCUT2D eigenvalue weighted by Gasteiger charge is 2.37. The summed E-state index contributed by atoms with van der Waals surface area (Å²) >= 11 is 0. The van der Waals surface area contributed by atoms with E-state index in [1.807, 2.05) is 30.3 Å². The molecule has 2 N–H and O–H groups in total. The molecule has 0 bridgehead atoms. The highest BCUT2D eigenvalue weighted by Crippen LogP contribution is 2.41. The number of amides is 1. The van der Waals surface area contributed by atoms with Crippen molar-refractivity contribution in [3.8, 4) is 0 Å². The van der Waals surface area contributed by atoms with Gasteiger partial charge in [0.05, 0.1) is 6.20 Å². The maximum Gasteiger partial charge on any atom is 0.261 e. The molecule has 6 nitrogen and oxygen atoms in total. The second kappa shape index (κ2) is 7.26. The molecule has 0 radical (unpaired) electrons. The van der Waals surface area contributed by atoms with Gasteiger partial charge in [-0.2, -0.15) is 5.10 Å². The Morgan fingerprint density at radius 1 is 1.10 bits per heavy atom. The summed E-state index contributed by atoms with van der Waals surface area (Å²) in [4.78, 5) is 25.7. The van der Waals surface area contributed by atoms with Gasteiger partial charge < -0.3 is 10.6 Å². The zero-order valence-electron chi connectivity index (χ0n) is 16.1. The Hall–Kier alpha value is -3.74. The van der Waals surface area contributed by atoms with Gasteiger partial charge in [0.1, 0.15) is 23.2 Å². The lowest BCUT2D eigenvalue weighted by Crippen LogP contribution is -2.32. The number of aromatic nitrogens is 2. The monoisotopic (exact) mass is 402 g/mol. The average Bonchev–Trinajstić information content (AvgIpc) is 3.18. The van der Waals surface area contributed by atoms with Gasteiger partial charge in [-0.05, 0) is 42.7 Å². The molecule has 7 heteroatoms.